The summed E-state index contributed by atoms with van der Waals surface area (Å²) in [4.78, 5) is 16.6. The Morgan fingerprint density at radius 3 is 2.70 bits per heavy atom. The summed E-state index contributed by atoms with van der Waals surface area (Å²) < 4.78 is 0. The molecule has 116 valence electrons. The van der Waals surface area contributed by atoms with Crippen molar-refractivity contribution in [3.63, 3.8) is 0 Å². The number of rotatable bonds is 8. The monoisotopic (exact) mass is 282 g/mol. The van der Waals surface area contributed by atoms with Crippen LogP contribution < -0.4 is 11.1 Å². The lowest BCUT2D eigenvalue weighted by Gasteiger charge is -2.35. The Balaban J connectivity index is 1.87. The highest BCUT2D eigenvalue weighted by Crippen LogP contribution is 2.23. The number of amides is 1. The summed E-state index contributed by atoms with van der Waals surface area (Å²) in [5, 5.41) is 3.42. The van der Waals surface area contributed by atoms with Crippen molar-refractivity contribution in [3.8, 4) is 0 Å². The molecule has 0 spiro atoms. The van der Waals surface area contributed by atoms with Crippen molar-refractivity contribution in [2.24, 2.45) is 5.73 Å². The van der Waals surface area contributed by atoms with Crippen LogP contribution in [0.15, 0.2) is 0 Å². The molecule has 1 aliphatic heterocycles. The van der Waals surface area contributed by atoms with Gasteiger partial charge in [0, 0.05) is 25.2 Å². The van der Waals surface area contributed by atoms with Crippen LogP contribution in [0.5, 0.6) is 0 Å². The molecular weight excluding hydrogens is 252 g/mol. The van der Waals surface area contributed by atoms with E-state index in [0.717, 1.165) is 13.1 Å². The second kappa shape index (κ2) is 6.41. The first-order chi connectivity index (χ1) is 9.44. The molecule has 3 N–H and O–H groups in total. The highest BCUT2D eigenvalue weighted by Gasteiger charge is 2.38. The van der Waals surface area contributed by atoms with E-state index in [9.17, 15) is 4.79 Å². The Kier molecular flexibility index (Phi) is 5.04. The largest absolute Gasteiger partial charge is 0.368 e. The molecule has 0 aromatic carbocycles. The van der Waals surface area contributed by atoms with Crippen LogP contribution in [0.25, 0.3) is 0 Å². The zero-order valence-corrected chi connectivity index (χ0v) is 13.2. The lowest BCUT2D eigenvalue weighted by molar-refractivity contribution is -0.124. The molecule has 2 fully saturated rings. The van der Waals surface area contributed by atoms with Gasteiger partial charge >= 0.3 is 0 Å². The zero-order valence-electron chi connectivity index (χ0n) is 13.2. The second-order valence-electron chi connectivity index (χ2n) is 6.74. The van der Waals surface area contributed by atoms with Crippen LogP contribution in [-0.2, 0) is 4.79 Å². The van der Waals surface area contributed by atoms with Crippen LogP contribution in [0.3, 0.4) is 0 Å². The maximum absolute atomic E-state index is 11.8. The van der Waals surface area contributed by atoms with Gasteiger partial charge in [-0.05, 0) is 52.7 Å². The third kappa shape index (κ3) is 3.93. The van der Waals surface area contributed by atoms with Gasteiger partial charge in [0.25, 0.3) is 0 Å². The van der Waals surface area contributed by atoms with Crippen LogP contribution in [0.1, 0.15) is 39.5 Å². The molecule has 0 aromatic rings. The Morgan fingerprint density at radius 2 is 2.15 bits per heavy atom. The first-order valence-electron chi connectivity index (χ1n) is 7.95. The summed E-state index contributed by atoms with van der Waals surface area (Å²) in [5.74, 6) is -0.241. The number of carbonyl (C=O) groups excluding carboxylic acids is 1. The van der Waals surface area contributed by atoms with Gasteiger partial charge in [0.1, 0.15) is 5.54 Å². The number of likely N-dealkylation sites (N-methyl/N-ethyl adjacent to an activating group) is 2. The molecule has 1 aliphatic carbocycles. The van der Waals surface area contributed by atoms with Gasteiger partial charge < -0.3 is 10.6 Å². The molecular formula is C15H30N4O. The lowest BCUT2D eigenvalue weighted by Crippen LogP contribution is -2.60. The lowest BCUT2D eigenvalue weighted by atomic mass is 10.00. The minimum Gasteiger partial charge on any atom is -0.368 e. The highest BCUT2D eigenvalue weighted by molar-refractivity contribution is 5.84. The molecule has 0 bridgehead atoms. The van der Waals surface area contributed by atoms with Gasteiger partial charge in [0.05, 0.1) is 0 Å². The summed E-state index contributed by atoms with van der Waals surface area (Å²) >= 11 is 0. The van der Waals surface area contributed by atoms with E-state index >= 15 is 0 Å². The van der Waals surface area contributed by atoms with Crippen LogP contribution in [0, 0.1) is 0 Å². The normalized spacial score (nSPS) is 26.9. The molecule has 2 unspecified atom stereocenters. The van der Waals surface area contributed by atoms with Gasteiger partial charge in [-0.1, -0.05) is 6.92 Å². The van der Waals surface area contributed by atoms with E-state index in [0.29, 0.717) is 18.6 Å². The Morgan fingerprint density at radius 1 is 1.45 bits per heavy atom. The molecule has 1 saturated heterocycles. The van der Waals surface area contributed by atoms with Gasteiger partial charge in [0.15, 0.2) is 0 Å². The molecule has 1 amide bonds. The van der Waals surface area contributed by atoms with Crippen molar-refractivity contribution in [1.29, 1.82) is 0 Å². The van der Waals surface area contributed by atoms with Crippen LogP contribution in [-0.4, -0.2) is 66.6 Å². The van der Waals surface area contributed by atoms with Crippen molar-refractivity contribution in [3.05, 3.63) is 0 Å². The molecule has 0 aromatic heterocycles. The van der Waals surface area contributed by atoms with Gasteiger partial charge in [-0.25, -0.2) is 0 Å². The third-order valence-corrected chi connectivity index (χ3v) is 4.66. The molecule has 1 saturated carbocycles. The topological polar surface area (TPSA) is 61.6 Å². The molecule has 2 rings (SSSR count). The highest BCUT2D eigenvalue weighted by atomic mass is 16.1. The van der Waals surface area contributed by atoms with E-state index in [1.165, 1.54) is 32.2 Å². The van der Waals surface area contributed by atoms with Crippen molar-refractivity contribution in [1.82, 2.24) is 15.1 Å². The summed E-state index contributed by atoms with van der Waals surface area (Å²) in [6.07, 6.45) is 4.89. The zero-order chi connectivity index (χ0) is 14.8. The van der Waals surface area contributed by atoms with Gasteiger partial charge in [0.2, 0.25) is 5.91 Å². The van der Waals surface area contributed by atoms with Gasteiger partial charge in [-0.15, -0.1) is 0 Å². The summed E-state index contributed by atoms with van der Waals surface area (Å²) in [5.41, 5.74) is 5.01. The summed E-state index contributed by atoms with van der Waals surface area (Å²) in [7, 11) is 2.10. The van der Waals surface area contributed by atoms with Crippen LogP contribution >= 0.6 is 0 Å². The molecule has 2 aliphatic rings. The van der Waals surface area contributed by atoms with Crippen molar-refractivity contribution in [2.45, 2.75) is 57.2 Å². The Labute approximate surface area is 122 Å². The van der Waals surface area contributed by atoms with E-state index in [1.54, 1.807) is 0 Å². The molecule has 5 nitrogen and oxygen atoms in total. The van der Waals surface area contributed by atoms with E-state index in [1.807, 2.05) is 6.92 Å². The van der Waals surface area contributed by atoms with E-state index in [4.69, 9.17) is 5.73 Å². The molecule has 20 heavy (non-hydrogen) atoms. The second-order valence-corrected chi connectivity index (χ2v) is 6.74. The van der Waals surface area contributed by atoms with Gasteiger partial charge in [-0.2, -0.15) is 0 Å². The van der Waals surface area contributed by atoms with E-state index < -0.39 is 5.54 Å². The summed E-state index contributed by atoms with van der Waals surface area (Å²) in [6.45, 7) is 8.20. The number of nitrogens with zero attached hydrogens (tertiary/aromatic N) is 2. The predicted octanol–water partition coefficient (Wildman–Crippen LogP) is 0.399. The smallest absolute Gasteiger partial charge is 0.238 e. The van der Waals surface area contributed by atoms with Crippen LogP contribution in [0.4, 0.5) is 0 Å². The number of nitrogens with two attached hydrogens (primary N) is 1. The number of carbonyl (C=O) groups is 1. The van der Waals surface area contributed by atoms with E-state index in [2.05, 4.69) is 29.1 Å². The van der Waals surface area contributed by atoms with Crippen LogP contribution in [0.2, 0.25) is 0 Å². The van der Waals surface area contributed by atoms with Crippen molar-refractivity contribution >= 4 is 5.91 Å². The average Bonchev–Trinajstić information content (AvgIpc) is 3.05. The molecule has 0 radical (unpaired) electrons. The molecule has 1 heterocycles. The summed E-state index contributed by atoms with van der Waals surface area (Å²) in [6, 6.07) is 1.11. The molecule has 5 heteroatoms. The minimum atomic E-state index is -0.606. The predicted molar refractivity (Wildman–Crippen MR) is 81.5 cm³/mol. The fraction of sp³-hybridized carbons (Fsp3) is 0.933. The number of nitrogens with one attached hydrogen (secondary N) is 1. The first-order valence-corrected chi connectivity index (χ1v) is 7.95. The quantitative estimate of drug-likeness (QED) is 0.676. The van der Waals surface area contributed by atoms with Crippen molar-refractivity contribution in [2.75, 3.05) is 33.2 Å². The maximum Gasteiger partial charge on any atom is 0.238 e. The number of hydrogen-bond donors (Lipinski definition) is 2. The van der Waals surface area contributed by atoms with E-state index in [-0.39, 0.29) is 5.91 Å². The molecule has 2 atom stereocenters. The SMILES string of the molecule is CCN1CCCC1CN(C)CC(C)(NC1CC1)C(N)=O. The van der Waals surface area contributed by atoms with Crippen molar-refractivity contribution < 1.29 is 4.79 Å². The third-order valence-electron chi connectivity index (χ3n) is 4.66. The fourth-order valence-electron chi connectivity index (χ4n) is 3.36. The number of primary amides is 1. The average molecular weight is 282 g/mol. The minimum absolute atomic E-state index is 0.241. The Hall–Kier alpha value is -0.650. The van der Waals surface area contributed by atoms with Gasteiger partial charge in [-0.3, -0.25) is 15.0 Å². The fourth-order valence-corrected chi connectivity index (χ4v) is 3.36. The Bertz CT molecular complexity index is 345. The number of hydrogen-bond acceptors (Lipinski definition) is 4. The maximum atomic E-state index is 11.8. The number of likely N-dealkylation sites (tertiary alicyclic amines) is 1. The first kappa shape index (κ1) is 15.7. The standard InChI is InChI=1S/C15H30N4O/c1-4-19-9-5-6-13(19)10-18(3)11-15(2,14(16)20)17-12-7-8-12/h12-13,17H,4-11H2,1-3H3,(H2,16,20).